The number of anilines is 4. The van der Waals surface area contributed by atoms with Crippen LogP contribution >= 0.6 is 0 Å². The quantitative estimate of drug-likeness (QED) is 0.365. The smallest absolute Gasteiger partial charge is 0.247 e. The van der Waals surface area contributed by atoms with Gasteiger partial charge in [-0.25, -0.2) is 9.97 Å². The molecule has 0 aliphatic heterocycles. The number of para-hydroxylation sites is 2. The number of nitrogens with one attached hydrogen (secondary N) is 2. The van der Waals surface area contributed by atoms with Crippen LogP contribution in [0.15, 0.2) is 67.4 Å². The summed E-state index contributed by atoms with van der Waals surface area (Å²) in [4.78, 5) is 25.0. The maximum Gasteiger partial charge on any atom is 0.247 e. The van der Waals surface area contributed by atoms with Crippen LogP contribution in [0.3, 0.4) is 0 Å². The number of hydrogen-bond donors (Lipinski definition) is 3. The summed E-state index contributed by atoms with van der Waals surface area (Å²) in [6.45, 7) is 3.47. The molecule has 0 unspecified atom stereocenters. The summed E-state index contributed by atoms with van der Waals surface area (Å²) in [7, 11) is 3.17. The molecular weight excluding hydrogens is 420 g/mol. The molecule has 0 radical (unpaired) electrons. The highest BCUT2D eigenvalue weighted by Crippen LogP contribution is 2.34. The van der Waals surface area contributed by atoms with Crippen molar-refractivity contribution in [3.8, 4) is 22.6 Å². The second-order valence-electron chi connectivity index (χ2n) is 6.99. The Kier molecular flexibility index (Phi) is 6.03. The minimum absolute atomic E-state index is 0.307. The molecule has 0 saturated carbocycles. The molecule has 166 valence electrons. The molecular formula is C24H22N6O3. The van der Waals surface area contributed by atoms with E-state index in [1.165, 1.54) is 6.08 Å². The van der Waals surface area contributed by atoms with Crippen molar-refractivity contribution in [2.75, 3.05) is 30.6 Å². The lowest BCUT2D eigenvalue weighted by atomic mass is 10.0. The summed E-state index contributed by atoms with van der Waals surface area (Å²) in [6.07, 6.45) is 2.86. The van der Waals surface area contributed by atoms with E-state index in [1.807, 2.05) is 30.3 Å². The zero-order valence-electron chi connectivity index (χ0n) is 18.1. The van der Waals surface area contributed by atoms with Gasteiger partial charge in [-0.3, -0.25) is 4.79 Å². The van der Waals surface area contributed by atoms with E-state index < -0.39 is 0 Å². The Morgan fingerprint density at radius 2 is 1.73 bits per heavy atom. The molecule has 9 heteroatoms. The number of carbonyl (C=O) groups is 1. The Hall–Kier alpha value is -4.66. The lowest BCUT2D eigenvalue weighted by molar-refractivity contribution is -0.111. The molecule has 4 aromatic rings. The van der Waals surface area contributed by atoms with Gasteiger partial charge in [0.1, 0.15) is 17.3 Å². The second-order valence-corrected chi connectivity index (χ2v) is 6.99. The van der Waals surface area contributed by atoms with Crippen LogP contribution in [0, 0.1) is 0 Å². The predicted octanol–water partition coefficient (Wildman–Crippen LogP) is 4.16. The summed E-state index contributed by atoms with van der Waals surface area (Å²) in [5.74, 6) is 1.58. The average Bonchev–Trinajstić information content (AvgIpc) is 2.84. The molecule has 9 nitrogen and oxygen atoms in total. The first kappa shape index (κ1) is 21.6. The van der Waals surface area contributed by atoms with Gasteiger partial charge in [0.25, 0.3) is 0 Å². The number of carbonyl (C=O) groups excluding carboxylic acids is 1. The Morgan fingerprint density at radius 3 is 2.39 bits per heavy atom. The minimum atomic E-state index is -0.320. The highest BCUT2D eigenvalue weighted by Gasteiger charge is 2.12. The molecule has 4 N–H and O–H groups in total. The summed E-state index contributed by atoms with van der Waals surface area (Å²) < 4.78 is 10.7. The third-order valence-corrected chi connectivity index (χ3v) is 4.88. The van der Waals surface area contributed by atoms with Crippen molar-refractivity contribution in [3.05, 3.63) is 67.4 Å². The zero-order valence-corrected chi connectivity index (χ0v) is 18.1. The fourth-order valence-corrected chi connectivity index (χ4v) is 3.24. The number of fused-ring (bicyclic) bond motifs is 1. The molecule has 0 aliphatic carbocycles. The van der Waals surface area contributed by atoms with Gasteiger partial charge in [0.2, 0.25) is 11.9 Å². The molecule has 33 heavy (non-hydrogen) atoms. The fourth-order valence-electron chi connectivity index (χ4n) is 3.24. The van der Waals surface area contributed by atoms with Crippen LogP contribution in [-0.2, 0) is 4.79 Å². The Labute approximate surface area is 190 Å². The van der Waals surface area contributed by atoms with Crippen molar-refractivity contribution in [1.29, 1.82) is 0 Å². The minimum Gasteiger partial charge on any atom is -0.497 e. The number of nitrogen functional groups attached to an aromatic ring is 1. The normalized spacial score (nSPS) is 10.5. The van der Waals surface area contributed by atoms with Crippen LogP contribution in [0.1, 0.15) is 0 Å². The van der Waals surface area contributed by atoms with E-state index in [0.29, 0.717) is 51.2 Å². The highest BCUT2D eigenvalue weighted by atomic mass is 16.5. The van der Waals surface area contributed by atoms with Gasteiger partial charge in [0, 0.05) is 23.2 Å². The Morgan fingerprint density at radius 1 is 1.03 bits per heavy atom. The summed E-state index contributed by atoms with van der Waals surface area (Å²) in [5.41, 5.74) is 9.40. The van der Waals surface area contributed by atoms with E-state index in [0.717, 1.165) is 5.56 Å². The summed E-state index contributed by atoms with van der Waals surface area (Å²) in [6, 6.07) is 14.6. The third-order valence-electron chi connectivity index (χ3n) is 4.88. The van der Waals surface area contributed by atoms with E-state index in [2.05, 4.69) is 32.2 Å². The molecule has 0 spiro atoms. The van der Waals surface area contributed by atoms with Gasteiger partial charge >= 0.3 is 0 Å². The van der Waals surface area contributed by atoms with E-state index in [-0.39, 0.29) is 5.91 Å². The maximum absolute atomic E-state index is 11.7. The van der Waals surface area contributed by atoms with Crippen molar-refractivity contribution < 1.29 is 14.3 Å². The molecule has 0 bridgehead atoms. The molecule has 2 aromatic heterocycles. The molecule has 2 heterocycles. The SMILES string of the molecule is C=CC(=O)Nc1ccccc1Nc1ncc2cc(-c3cc(OC)cc(OC)c3)c(N)nc2n1. The number of nitrogens with zero attached hydrogens (tertiary/aromatic N) is 3. The number of methoxy groups -OCH3 is 2. The first-order valence-electron chi connectivity index (χ1n) is 9.97. The van der Waals surface area contributed by atoms with E-state index in [9.17, 15) is 4.79 Å². The predicted molar refractivity (Wildman–Crippen MR) is 129 cm³/mol. The highest BCUT2D eigenvalue weighted by molar-refractivity contribution is 6.01. The van der Waals surface area contributed by atoms with Crippen LogP contribution < -0.4 is 25.8 Å². The van der Waals surface area contributed by atoms with Gasteiger partial charge < -0.3 is 25.8 Å². The molecule has 0 aliphatic rings. The van der Waals surface area contributed by atoms with Crippen molar-refractivity contribution in [3.63, 3.8) is 0 Å². The number of rotatable bonds is 7. The molecule has 1 amide bonds. The van der Waals surface area contributed by atoms with E-state index in [4.69, 9.17) is 15.2 Å². The van der Waals surface area contributed by atoms with E-state index >= 15 is 0 Å². The fraction of sp³-hybridized carbons (Fsp3) is 0.0833. The van der Waals surface area contributed by atoms with Gasteiger partial charge in [-0.15, -0.1) is 0 Å². The molecule has 0 saturated heterocycles. The van der Waals surface area contributed by atoms with Gasteiger partial charge in [-0.1, -0.05) is 18.7 Å². The van der Waals surface area contributed by atoms with Crippen LogP contribution in [-0.4, -0.2) is 35.1 Å². The lowest BCUT2D eigenvalue weighted by Gasteiger charge is -2.13. The van der Waals surface area contributed by atoms with Crippen molar-refractivity contribution in [1.82, 2.24) is 15.0 Å². The monoisotopic (exact) mass is 442 g/mol. The largest absolute Gasteiger partial charge is 0.497 e. The molecule has 0 atom stereocenters. The number of ether oxygens (including phenoxy) is 2. The van der Waals surface area contributed by atoms with E-state index in [1.54, 1.807) is 38.6 Å². The topological polar surface area (TPSA) is 124 Å². The average molecular weight is 442 g/mol. The van der Waals surface area contributed by atoms with Crippen molar-refractivity contribution in [2.45, 2.75) is 0 Å². The zero-order chi connectivity index (χ0) is 23.4. The van der Waals surface area contributed by atoms with Crippen LogP contribution in [0.25, 0.3) is 22.2 Å². The number of benzene rings is 2. The number of amides is 1. The van der Waals surface area contributed by atoms with Crippen LogP contribution in [0.4, 0.5) is 23.1 Å². The number of aromatic nitrogens is 3. The molecule has 4 rings (SSSR count). The first-order valence-corrected chi connectivity index (χ1v) is 9.97. The standard InChI is InChI=1S/C24H22N6O3/c1-4-21(31)27-19-7-5-6-8-20(19)28-24-26-13-15-11-18(22(25)29-23(15)30-24)14-9-16(32-2)12-17(10-14)33-3/h4-13H,1H2,2-3H3,(H,27,31)(H3,25,26,28,29,30). The maximum atomic E-state index is 11.7. The number of pyridine rings is 1. The summed E-state index contributed by atoms with van der Waals surface area (Å²) in [5, 5.41) is 6.55. The van der Waals surface area contributed by atoms with Crippen molar-refractivity contribution >= 4 is 40.1 Å². The molecule has 2 aromatic carbocycles. The number of nitrogens with two attached hydrogens (primary N) is 1. The van der Waals surface area contributed by atoms with Gasteiger partial charge in [-0.05, 0) is 42.0 Å². The second kappa shape index (κ2) is 9.23. The van der Waals surface area contributed by atoms with Gasteiger partial charge in [0.05, 0.1) is 25.6 Å². The lowest BCUT2D eigenvalue weighted by Crippen LogP contribution is -2.09. The Bertz CT molecular complexity index is 1330. The van der Waals surface area contributed by atoms with Crippen LogP contribution in [0.2, 0.25) is 0 Å². The van der Waals surface area contributed by atoms with Gasteiger partial charge in [-0.2, -0.15) is 4.98 Å². The summed E-state index contributed by atoms with van der Waals surface area (Å²) >= 11 is 0. The first-order chi connectivity index (χ1) is 16.0. The molecule has 0 fully saturated rings. The van der Waals surface area contributed by atoms with Crippen LogP contribution in [0.5, 0.6) is 11.5 Å². The van der Waals surface area contributed by atoms with Crippen molar-refractivity contribution in [2.24, 2.45) is 0 Å². The van der Waals surface area contributed by atoms with Gasteiger partial charge in [0.15, 0.2) is 5.65 Å². The third kappa shape index (κ3) is 4.67. The Balaban J connectivity index is 1.69. The number of hydrogen-bond acceptors (Lipinski definition) is 8.